The molecule has 0 spiro atoms. The van der Waals surface area contributed by atoms with Gasteiger partial charge < -0.3 is 21.5 Å². The Kier molecular flexibility index (Phi) is 10.4. The highest BCUT2D eigenvalue weighted by atomic mass is 32.2. The van der Waals surface area contributed by atoms with Crippen LogP contribution in [0.1, 0.15) is 57.1 Å². The third kappa shape index (κ3) is 7.06. The van der Waals surface area contributed by atoms with E-state index in [-0.39, 0.29) is 29.7 Å². The van der Waals surface area contributed by atoms with Crippen molar-refractivity contribution in [2.45, 2.75) is 57.3 Å². The molecule has 0 saturated carbocycles. The zero-order chi connectivity index (χ0) is 29.6. The molecule has 0 aromatic heterocycles. The van der Waals surface area contributed by atoms with Gasteiger partial charge in [0.15, 0.2) is 0 Å². The fraction of sp³-hybridized carbons (Fsp3) is 0.484. The van der Waals surface area contributed by atoms with E-state index in [0.717, 1.165) is 54.4 Å². The van der Waals surface area contributed by atoms with E-state index < -0.39 is 10.0 Å². The van der Waals surface area contributed by atoms with E-state index in [2.05, 4.69) is 19.9 Å². The van der Waals surface area contributed by atoms with Crippen molar-refractivity contribution < 1.29 is 18.3 Å². The number of unbranched alkanes of at least 4 members (excludes halogenated alkanes) is 1. The van der Waals surface area contributed by atoms with Crippen LogP contribution in [0.4, 0.5) is 5.69 Å². The Morgan fingerprint density at radius 2 is 1.83 bits per heavy atom. The van der Waals surface area contributed by atoms with E-state index in [1.807, 2.05) is 23.1 Å². The number of sulfonamides is 1. The molecule has 1 amide bonds. The number of hydrogen-bond donors (Lipinski definition) is 3. The van der Waals surface area contributed by atoms with Crippen molar-refractivity contribution in [1.82, 2.24) is 9.21 Å². The number of amides is 1. The van der Waals surface area contributed by atoms with Crippen molar-refractivity contribution in [3.8, 4) is 11.1 Å². The Morgan fingerprint density at radius 1 is 1.10 bits per heavy atom. The van der Waals surface area contributed by atoms with Gasteiger partial charge in [-0.3, -0.25) is 4.79 Å². The second kappa shape index (κ2) is 13.7. The van der Waals surface area contributed by atoms with E-state index in [0.29, 0.717) is 49.8 Å². The second-order valence-electron chi connectivity index (χ2n) is 11.0. The molecule has 41 heavy (non-hydrogen) atoms. The molecule has 10 heteroatoms. The molecule has 1 fully saturated rings. The lowest BCUT2D eigenvalue weighted by Gasteiger charge is -2.36. The number of aryl methyl sites for hydroxylation is 1. The average molecular weight is 582 g/mol. The van der Waals surface area contributed by atoms with Crippen LogP contribution >= 0.6 is 0 Å². The summed E-state index contributed by atoms with van der Waals surface area (Å²) in [5.74, 6) is 0.343. The number of aliphatic imine (C=N–C) groups is 1. The van der Waals surface area contributed by atoms with Crippen molar-refractivity contribution in [3.05, 3.63) is 53.1 Å². The predicted octanol–water partition coefficient (Wildman–Crippen LogP) is 3.67. The van der Waals surface area contributed by atoms with Gasteiger partial charge in [-0.05, 0) is 79.6 Å². The third-order valence-electron chi connectivity index (χ3n) is 7.63. The highest BCUT2D eigenvalue weighted by Gasteiger charge is 2.36. The molecule has 0 bridgehead atoms. The van der Waals surface area contributed by atoms with Crippen LogP contribution in [0.3, 0.4) is 0 Å². The lowest BCUT2D eigenvalue weighted by atomic mass is 9.93. The molecule has 2 aliphatic heterocycles. The van der Waals surface area contributed by atoms with Crippen LogP contribution < -0.4 is 11.5 Å². The second-order valence-corrected chi connectivity index (χ2v) is 12.9. The standard InChI is InChI=1S/C31H43N5O4S/c1-3-12-35(13-4-2)31(38)26-16-28-24(8-5-6-11-32)14-25(17-29(28)34-30(33)18-26)23-9-7-10-27(15-23)41(39,40)36-19-22(20-36)21-37/h7,9-10,14-17,22,37H,3-6,8,11-13,18-21,32H2,1-2H3,(H2,33,34). The normalized spacial score (nSPS) is 15.9. The summed E-state index contributed by atoms with van der Waals surface area (Å²) in [7, 11) is -3.66. The smallest absolute Gasteiger partial charge is 0.250 e. The van der Waals surface area contributed by atoms with Crippen LogP contribution in [0.25, 0.3) is 17.2 Å². The lowest BCUT2D eigenvalue weighted by molar-refractivity contribution is -0.127. The van der Waals surface area contributed by atoms with Gasteiger partial charge in [-0.15, -0.1) is 0 Å². The molecule has 9 nitrogen and oxygen atoms in total. The van der Waals surface area contributed by atoms with Gasteiger partial charge in [-0.1, -0.05) is 32.0 Å². The summed E-state index contributed by atoms with van der Waals surface area (Å²) in [6, 6.07) is 10.9. The minimum absolute atomic E-state index is 0.0102. The molecule has 2 aromatic carbocycles. The number of benzene rings is 2. The summed E-state index contributed by atoms with van der Waals surface area (Å²) >= 11 is 0. The summed E-state index contributed by atoms with van der Waals surface area (Å²) in [6.45, 7) is 6.72. The molecule has 4 rings (SSSR count). The van der Waals surface area contributed by atoms with E-state index >= 15 is 0 Å². The summed E-state index contributed by atoms with van der Waals surface area (Å²) in [6.07, 6.45) is 6.44. The minimum atomic E-state index is -3.66. The van der Waals surface area contributed by atoms with Crippen LogP contribution in [0.15, 0.2) is 51.9 Å². The maximum atomic E-state index is 13.6. The van der Waals surface area contributed by atoms with Gasteiger partial charge in [-0.25, -0.2) is 13.4 Å². The Balaban J connectivity index is 1.76. The van der Waals surface area contributed by atoms with Crippen LogP contribution in [-0.2, 0) is 21.2 Å². The van der Waals surface area contributed by atoms with Gasteiger partial charge in [0.05, 0.1) is 10.6 Å². The molecule has 0 radical (unpaired) electrons. The van der Waals surface area contributed by atoms with Crippen LogP contribution in [0, 0.1) is 5.92 Å². The van der Waals surface area contributed by atoms with Crippen molar-refractivity contribution in [2.75, 3.05) is 39.3 Å². The van der Waals surface area contributed by atoms with E-state index in [9.17, 15) is 18.3 Å². The van der Waals surface area contributed by atoms with E-state index in [1.165, 1.54) is 4.31 Å². The molecule has 0 atom stereocenters. The molecule has 2 aliphatic rings. The lowest BCUT2D eigenvalue weighted by Crippen LogP contribution is -2.51. The molecule has 2 heterocycles. The van der Waals surface area contributed by atoms with E-state index in [4.69, 9.17) is 16.5 Å². The van der Waals surface area contributed by atoms with Gasteiger partial charge in [0.25, 0.3) is 0 Å². The minimum Gasteiger partial charge on any atom is -0.396 e. The number of carbonyl (C=O) groups is 1. The highest BCUT2D eigenvalue weighted by molar-refractivity contribution is 7.89. The maximum absolute atomic E-state index is 13.6. The number of aliphatic hydroxyl groups excluding tert-OH is 1. The zero-order valence-corrected chi connectivity index (χ0v) is 25.0. The molecule has 2 aromatic rings. The van der Waals surface area contributed by atoms with Crippen molar-refractivity contribution >= 4 is 33.5 Å². The molecule has 0 unspecified atom stereocenters. The molecule has 0 aliphatic carbocycles. The molecule has 1 saturated heterocycles. The van der Waals surface area contributed by atoms with E-state index in [1.54, 1.807) is 18.2 Å². The Bertz CT molecular complexity index is 1410. The van der Waals surface area contributed by atoms with Crippen molar-refractivity contribution in [3.63, 3.8) is 0 Å². The predicted molar refractivity (Wildman–Crippen MR) is 164 cm³/mol. The van der Waals surface area contributed by atoms with Crippen LogP contribution in [0.5, 0.6) is 0 Å². The third-order valence-corrected chi connectivity index (χ3v) is 9.46. The van der Waals surface area contributed by atoms with Gasteiger partial charge in [0, 0.05) is 56.3 Å². The van der Waals surface area contributed by atoms with Crippen molar-refractivity contribution in [1.29, 1.82) is 0 Å². The maximum Gasteiger partial charge on any atom is 0.250 e. The number of fused-ring (bicyclic) bond motifs is 1. The SMILES string of the molecule is CCCN(CCC)C(=O)C1=Cc2c(CCCCN)cc(-c3cccc(S(=O)(=O)N4CC(CO)C4)c3)cc2N=C(N)C1. The van der Waals surface area contributed by atoms with Crippen LogP contribution in [0.2, 0.25) is 0 Å². The molecular formula is C31H43N5O4S. The average Bonchev–Trinajstić information content (AvgIpc) is 3.10. The Labute approximate surface area is 244 Å². The first-order valence-electron chi connectivity index (χ1n) is 14.6. The fourth-order valence-electron chi connectivity index (χ4n) is 5.42. The number of nitrogens with two attached hydrogens (primary N) is 2. The summed E-state index contributed by atoms with van der Waals surface area (Å²) in [5, 5.41) is 9.32. The monoisotopic (exact) mass is 581 g/mol. The zero-order valence-electron chi connectivity index (χ0n) is 24.2. The Morgan fingerprint density at radius 3 is 2.49 bits per heavy atom. The largest absolute Gasteiger partial charge is 0.396 e. The Hall–Kier alpha value is -3.05. The summed E-state index contributed by atoms with van der Waals surface area (Å²) in [5.41, 5.74) is 16.9. The number of carbonyl (C=O) groups excluding carboxylic acids is 1. The quantitative estimate of drug-likeness (QED) is 0.308. The number of nitrogens with zero attached hydrogens (tertiary/aromatic N) is 3. The molecule has 5 N–H and O–H groups in total. The number of rotatable bonds is 13. The van der Waals surface area contributed by atoms with Crippen LogP contribution in [-0.4, -0.2) is 73.8 Å². The number of hydrogen-bond acceptors (Lipinski definition) is 7. The van der Waals surface area contributed by atoms with Gasteiger partial charge in [0.1, 0.15) is 5.84 Å². The number of amidine groups is 1. The van der Waals surface area contributed by atoms with Gasteiger partial charge in [-0.2, -0.15) is 4.31 Å². The first kappa shape index (κ1) is 30.9. The first-order chi connectivity index (χ1) is 19.7. The fourth-order valence-corrected chi connectivity index (χ4v) is 7.06. The van der Waals surface area contributed by atoms with Gasteiger partial charge >= 0.3 is 0 Å². The summed E-state index contributed by atoms with van der Waals surface area (Å²) < 4.78 is 27.8. The summed E-state index contributed by atoms with van der Waals surface area (Å²) in [4.78, 5) is 20.4. The van der Waals surface area contributed by atoms with Gasteiger partial charge in [0.2, 0.25) is 15.9 Å². The topological polar surface area (TPSA) is 142 Å². The number of aliphatic hydroxyl groups is 1. The molecular weight excluding hydrogens is 538 g/mol. The molecule has 222 valence electrons. The van der Waals surface area contributed by atoms with Crippen molar-refractivity contribution in [2.24, 2.45) is 22.4 Å². The highest BCUT2D eigenvalue weighted by Crippen LogP contribution is 2.37. The first-order valence-corrected chi connectivity index (χ1v) is 16.1.